The number of ether oxygens (including phenoxy) is 1. The number of imidazole rings is 1. The third-order valence-electron chi connectivity index (χ3n) is 5.71. The van der Waals surface area contributed by atoms with Crippen molar-refractivity contribution in [3.05, 3.63) is 77.9 Å². The first-order valence-corrected chi connectivity index (χ1v) is 11.2. The molecule has 0 saturated carbocycles. The van der Waals surface area contributed by atoms with Crippen molar-refractivity contribution in [3.8, 4) is 22.8 Å². The average Bonchev–Trinajstić information content (AvgIpc) is 3.23. The Morgan fingerprint density at radius 1 is 0.972 bits per heavy atom. The van der Waals surface area contributed by atoms with Crippen LogP contribution >= 0.6 is 0 Å². The fraction of sp³-hybridized carbons (Fsp3) is 0.115. The number of benzene rings is 2. The van der Waals surface area contributed by atoms with Crippen molar-refractivity contribution < 1.29 is 9.53 Å². The minimum Gasteiger partial charge on any atom is -0.436 e. The molecular formula is C26H24N8O2. The number of aromatic nitrogens is 5. The van der Waals surface area contributed by atoms with Crippen LogP contribution in [-0.2, 0) is 7.05 Å². The quantitative estimate of drug-likeness (QED) is 0.306. The summed E-state index contributed by atoms with van der Waals surface area (Å²) in [7, 11) is 1.87. The van der Waals surface area contributed by atoms with Crippen molar-refractivity contribution in [3.63, 3.8) is 0 Å². The van der Waals surface area contributed by atoms with Gasteiger partial charge < -0.3 is 26.1 Å². The number of rotatable bonds is 6. The van der Waals surface area contributed by atoms with Crippen LogP contribution in [0.4, 0.5) is 17.3 Å². The summed E-state index contributed by atoms with van der Waals surface area (Å²) in [6, 6.07) is 14.7. The molecule has 5 aromatic rings. The molecule has 36 heavy (non-hydrogen) atoms. The van der Waals surface area contributed by atoms with E-state index >= 15 is 0 Å². The minimum atomic E-state index is -0.561. The molecule has 0 aliphatic rings. The van der Waals surface area contributed by atoms with E-state index in [1.54, 1.807) is 30.7 Å². The molecule has 3 aromatic heterocycles. The summed E-state index contributed by atoms with van der Waals surface area (Å²) in [5, 5.41) is 3.18. The molecule has 2 aromatic carbocycles. The monoisotopic (exact) mass is 480 g/mol. The Hall–Kier alpha value is -4.99. The average molecular weight is 481 g/mol. The number of hydrogen-bond acceptors (Lipinski definition) is 8. The van der Waals surface area contributed by atoms with Gasteiger partial charge in [-0.05, 0) is 73.0 Å². The zero-order chi connectivity index (χ0) is 25.4. The second kappa shape index (κ2) is 8.99. The maximum atomic E-state index is 11.3. The zero-order valence-electron chi connectivity index (χ0n) is 20.0. The predicted molar refractivity (Wildman–Crippen MR) is 138 cm³/mol. The molecule has 0 aliphatic heterocycles. The number of carbonyl (C=O) groups is 1. The number of anilines is 3. The highest BCUT2D eigenvalue weighted by Gasteiger charge is 2.17. The topological polar surface area (TPSA) is 147 Å². The van der Waals surface area contributed by atoms with Gasteiger partial charge in [-0.1, -0.05) is 6.07 Å². The van der Waals surface area contributed by atoms with E-state index in [1.807, 2.05) is 55.8 Å². The Labute approximate surface area is 207 Å². The second-order valence-corrected chi connectivity index (χ2v) is 8.46. The second-order valence-electron chi connectivity index (χ2n) is 8.46. The van der Waals surface area contributed by atoms with E-state index in [2.05, 4.69) is 25.3 Å². The lowest BCUT2D eigenvalue weighted by molar-refractivity contribution is 0.0995. The maximum Gasteiger partial charge on any atom is 0.267 e. The third-order valence-corrected chi connectivity index (χ3v) is 5.71. The van der Waals surface area contributed by atoms with Gasteiger partial charge in [0.05, 0.1) is 6.33 Å². The molecule has 1 amide bonds. The van der Waals surface area contributed by atoms with Crippen LogP contribution in [0, 0.1) is 13.8 Å². The van der Waals surface area contributed by atoms with Crippen LogP contribution in [0.5, 0.6) is 11.6 Å². The van der Waals surface area contributed by atoms with Gasteiger partial charge >= 0.3 is 0 Å². The molecule has 0 spiro atoms. The highest BCUT2D eigenvalue weighted by atomic mass is 16.5. The molecule has 180 valence electrons. The molecule has 5 rings (SSSR count). The Balaban J connectivity index is 1.51. The van der Waals surface area contributed by atoms with Gasteiger partial charge in [-0.3, -0.25) is 9.78 Å². The molecular weight excluding hydrogens is 456 g/mol. The molecule has 0 atom stereocenters. The van der Waals surface area contributed by atoms with Crippen LogP contribution in [0.15, 0.2) is 61.1 Å². The van der Waals surface area contributed by atoms with E-state index in [9.17, 15) is 4.79 Å². The molecule has 10 heteroatoms. The van der Waals surface area contributed by atoms with Gasteiger partial charge in [-0.25, -0.2) is 4.98 Å². The lowest BCUT2D eigenvalue weighted by Gasteiger charge is -2.15. The number of aryl methyl sites for hydroxylation is 3. The molecule has 0 aliphatic carbocycles. The summed E-state index contributed by atoms with van der Waals surface area (Å²) < 4.78 is 8.20. The van der Waals surface area contributed by atoms with E-state index in [4.69, 9.17) is 16.2 Å². The molecule has 0 unspecified atom stereocenters. The summed E-state index contributed by atoms with van der Waals surface area (Å²) in [6.45, 7) is 3.93. The number of nitrogens with two attached hydrogens (primary N) is 2. The van der Waals surface area contributed by atoms with E-state index in [1.165, 1.54) is 0 Å². The predicted octanol–water partition coefficient (Wildman–Crippen LogP) is 4.26. The van der Waals surface area contributed by atoms with Crippen molar-refractivity contribution in [1.29, 1.82) is 0 Å². The Morgan fingerprint density at radius 2 is 1.69 bits per heavy atom. The van der Waals surface area contributed by atoms with Crippen molar-refractivity contribution in [2.45, 2.75) is 13.8 Å². The van der Waals surface area contributed by atoms with Crippen molar-refractivity contribution >= 4 is 34.4 Å². The summed E-state index contributed by atoms with van der Waals surface area (Å²) >= 11 is 0. The largest absolute Gasteiger partial charge is 0.436 e. The van der Waals surface area contributed by atoms with Gasteiger partial charge in [0.1, 0.15) is 11.4 Å². The Kier molecular flexibility index (Phi) is 5.69. The molecule has 10 nitrogen and oxygen atoms in total. The number of hydrogen-bond donors (Lipinski definition) is 3. The number of pyridine rings is 1. The smallest absolute Gasteiger partial charge is 0.267 e. The van der Waals surface area contributed by atoms with Crippen LogP contribution in [0.25, 0.3) is 22.3 Å². The lowest BCUT2D eigenvalue weighted by atomic mass is 10.0. The fourth-order valence-corrected chi connectivity index (χ4v) is 3.93. The molecule has 3 heterocycles. The van der Waals surface area contributed by atoms with Gasteiger partial charge in [-0.2, -0.15) is 9.97 Å². The van der Waals surface area contributed by atoms with Crippen molar-refractivity contribution in [2.24, 2.45) is 12.8 Å². The Morgan fingerprint density at radius 3 is 2.33 bits per heavy atom. The SMILES string of the molecule is Cc1cc(-c2ccc(C(N)=O)nc2)cc(C)c1Oc1nc(Nc2ccc(N)cc2)nc2ncn(C)c12. The van der Waals surface area contributed by atoms with E-state index in [0.29, 0.717) is 34.4 Å². The molecule has 0 saturated heterocycles. The highest BCUT2D eigenvalue weighted by molar-refractivity contribution is 5.91. The first-order valence-electron chi connectivity index (χ1n) is 11.2. The van der Waals surface area contributed by atoms with E-state index in [0.717, 1.165) is 27.9 Å². The Bertz CT molecular complexity index is 1570. The number of nitrogens with one attached hydrogen (secondary N) is 1. The number of primary amides is 1. The number of amides is 1. The summed E-state index contributed by atoms with van der Waals surface area (Å²) in [5.74, 6) is 0.854. The fourth-order valence-electron chi connectivity index (χ4n) is 3.93. The highest BCUT2D eigenvalue weighted by Crippen LogP contribution is 2.35. The third kappa shape index (κ3) is 4.39. The van der Waals surface area contributed by atoms with Crippen molar-refractivity contribution in [1.82, 2.24) is 24.5 Å². The van der Waals surface area contributed by atoms with Gasteiger partial charge in [0, 0.05) is 30.2 Å². The first-order chi connectivity index (χ1) is 17.3. The number of carbonyl (C=O) groups excluding carboxylic acids is 1. The van der Waals surface area contributed by atoms with E-state index < -0.39 is 5.91 Å². The first kappa shape index (κ1) is 22.8. The maximum absolute atomic E-state index is 11.3. The molecule has 0 radical (unpaired) electrons. The van der Waals surface area contributed by atoms with Gasteiger partial charge in [0.2, 0.25) is 5.95 Å². The summed E-state index contributed by atoms with van der Waals surface area (Å²) in [5.41, 5.74) is 17.6. The van der Waals surface area contributed by atoms with Gasteiger partial charge in [0.15, 0.2) is 11.2 Å². The van der Waals surface area contributed by atoms with Crippen molar-refractivity contribution in [2.75, 3.05) is 11.1 Å². The van der Waals surface area contributed by atoms with Crippen LogP contribution in [-0.4, -0.2) is 30.4 Å². The standard InChI is InChI=1S/C26H24N8O2/c1-14-10-17(16-4-9-20(23(28)35)29-12-16)11-15(2)22(14)36-25-21-24(30-13-34(21)3)32-26(33-25)31-19-7-5-18(27)6-8-19/h4-13H,27H2,1-3H3,(H2,28,35)(H,31,32,33). The van der Waals surface area contributed by atoms with Crippen LogP contribution in [0.2, 0.25) is 0 Å². The number of fused-ring (bicyclic) bond motifs is 1. The molecule has 0 fully saturated rings. The molecule has 5 N–H and O–H groups in total. The zero-order valence-corrected chi connectivity index (χ0v) is 20.0. The summed E-state index contributed by atoms with van der Waals surface area (Å²) in [6.07, 6.45) is 3.30. The minimum absolute atomic E-state index is 0.222. The van der Waals surface area contributed by atoms with Crippen LogP contribution < -0.4 is 21.5 Å². The normalized spacial score (nSPS) is 11.0. The summed E-state index contributed by atoms with van der Waals surface area (Å²) in [4.78, 5) is 29.0. The van der Waals surface area contributed by atoms with E-state index in [-0.39, 0.29) is 5.69 Å². The number of nitrogens with zero attached hydrogens (tertiary/aromatic N) is 5. The van der Waals surface area contributed by atoms with Crippen LogP contribution in [0.1, 0.15) is 21.6 Å². The van der Waals surface area contributed by atoms with Gasteiger partial charge in [-0.15, -0.1) is 0 Å². The number of nitrogen functional groups attached to an aromatic ring is 1. The molecule has 0 bridgehead atoms. The lowest BCUT2D eigenvalue weighted by Crippen LogP contribution is -2.12. The van der Waals surface area contributed by atoms with Gasteiger partial charge in [0.25, 0.3) is 11.8 Å². The van der Waals surface area contributed by atoms with Crippen LogP contribution in [0.3, 0.4) is 0 Å².